The van der Waals surface area contributed by atoms with E-state index in [0.29, 0.717) is 34.5 Å². The van der Waals surface area contributed by atoms with Gasteiger partial charge in [-0.3, -0.25) is 9.59 Å². The molecule has 0 aliphatic heterocycles. The summed E-state index contributed by atoms with van der Waals surface area (Å²) in [6.45, 7) is 5.93. The van der Waals surface area contributed by atoms with E-state index in [0.717, 1.165) is 5.56 Å². The highest BCUT2D eigenvalue weighted by Gasteiger charge is 2.12. The summed E-state index contributed by atoms with van der Waals surface area (Å²) in [7, 11) is 0. The summed E-state index contributed by atoms with van der Waals surface area (Å²) in [5.41, 5.74) is 3.19. The van der Waals surface area contributed by atoms with Crippen molar-refractivity contribution in [2.75, 3.05) is 5.32 Å². The number of carbonyl (C=O) groups is 1. The molecule has 128 valence electrons. The lowest BCUT2D eigenvalue weighted by molar-refractivity contribution is 0.102. The summed E-state index contributed by atoms with van der Waals surface area (Å²) in [4.78, 5) is 28.9. The summed E-state index contributed by atoms with van der Waals surface area (Å²) < 4.78 is 1.63. The predicted molar refractivity (Wildman–Crippen MR) is 97.2 cm³/mol. The highest BCUT2D eigenvalue weighted by molar-refractivity contribution is 6.06. The Kier molecular flexibility index (Phi) is 4.27. The van der Waals surface area contributed by atoms with Crippen LogP contribution in [0.4, 0.5) is 5.69 Å². The quantitative estimate of drug-likeness (QED) is 0.720. The molecule has 3 aromatic rings. The number of aromatic hydroxyl groups is 1. The number of carbonyl (C=O) groups excluding carboxylic acids is 1. The van der Waals surface area contributed by atoms with Crippen molar-refractivity contribution < 1.29 is 9.90 Å². The van der Waals surface area contributed by atoms with Gasteiger partial charge in [-0.2, -0.15) is 0 Å². The lowest BCUT2D eigenvalue weighted by atomic mass is 10.1. The molecule has 3 rings (SSSR count). The van der Waals surface area contributed by atoms with E-state index in [-0.39, 0.29) is 17.2 Å². The molecule has 1 amide bonds. The second-order valence-corrected chi connectivity index (χ2v) is 5.92. The number of nitrogens with one attached hydrogen (secondary N) is 1. The lowest BCUT2D eigenvalue weighted by Gasteiger charge is -2.11. The van der Waals surface area contributed by atoms with Gasteiger partial charge in [0.05, 0.1) is 16.7 Å². The predicted octanol–water partition coefficient (Wildman–Crippen LogP) is 2.99. The fourth-order valence-electron chi connectivity index (χ4n) is 2.77. The normalized spacial score (nSPS) is 10.8. The average molecular weight is 337 g/mol. The molecule has 6 heteroatoms. The highest BCUT2D eigenvalue weighted by Crippen LogP contribution is 2.24. The zero-order valence-electron chi connectivity index (χ0n) is 14.3. The molecule has 0 aliphatic carbocycles. The van der Waals surface area contributed by atoms with E-state index >= 15 is 0 Å². The Morgan fingerprint density at radius 3 is 2.64 bits per heavy atom. The minimum atomic E-state index is -0.352. The second kappa shape index (κ2) is 6.39. The van der Waals surface area contributed by atoms with Gasteiger partial charge in [-0.05, 0) is 56.7 Å². The number of phenols is 1. The largest absolute Gasteiger partial charge is 0.506 e. The average Bonchev–Trinajstić information content (AvgIpc) is 2.58. The Labute approximate surface area is 144 Å². The maximum Gasteiger partial charge on any atom is 0.272 e. The van der Waals surface area contributed by atoms with E-state index in [1.54, 1.807) is 47.9 Å². The zero-order chi connectivity index (χ0) is 18.1. The van der Waals surface area contributed by atoms with Crippen molar-refractivity contribution in [2.45, 2.75) is 27.3 Å². The first-order valence-corrected chi connectivity index (χ1v) is 8.03. The van der Waals surface area contributed by atoms with E-state index in [9.17, 15) is 14.7 Å². The Morgan fingerprint density at radius 2 is 1.96 bits per heavy atom. The van der Waals surface area contributed by atoms with Crippen LogP contribution in [0.3, 0.4) is 0 Å². The molecule has 0 spiro atoms. The minimum absolute atomic E-state index is 0.0166. The molecule has 0 saturated carbocycles. The number of aryl methyl sites for hydroxylation is 3. The first kappa shape index (κ1) is 16.7. The Morgan fingerprint density at radius 1 is 1.20 bits per heavy atom. The number of hydrogen-bond donors (Lipinski definition) is 2. The number of aromatic nitrogens is 2. The zero-order valence-corrected chi connectivity index (χ0v) is 14.3. The van der Waals surface area contributed by atoms with Gasteiger partial charge < -0.3 is 15.0 Å². The third kappa shape index (κ3) is 3.10. The van der Waals surface area contributed by atoms with Gasteiger partial charge >= 0.3 is 0 Å². The molecule has 1 aromatic heterocycles. The molecule has 0 unspecified atom stereocenters. The number of phenolic OH excluding ortho intramolecular Hbond substituents is 1. The van der Waals surface area contributed by atoms with Crippen LogP contribution < -0.4 is 10.9 Å². The van der Waals surface area contributed by atoms with Crippen molar-refractivity contribution in [2.24, 2.45) is 0 Å². The molecule has 0 atom stereocenters. The van der Waals surface area contributed by atoms with Gasteiger partial charge in [0.15, 0.2) is 0 Å². The molecule has 0 fully saturated rings. The Bertz CT molecular complexity index is 1040. The van der Waals surface area contributed by atoms with Crippen molar-refractivity contribution in [3.05, 3.63) is 63.6 Å². The van der Waals surface area contributed by atoms with Crippen LogP contribution in [0, 0.1) is 13.8 Å². The summed E-state index contributed by atoms with van der Waals surface area (Å²) in [6.07, 6.45) is 0. The minimum Gasteiger partial charge on any atom is -0.506 e. The number of anilines is 1. The fourth-order valence-corrected chi connectivity index (χ4v) is 2.77. The van der Waals surface area contributed by atoms with Gasteiger partial charge in [-0.25, -0.2) is 4.98 Å². The van der Waals surface area contributed by atoms with Crippen LogP contribution in [0.15, 0.2) is 41.2 Å². The molecule has 6 nitrogen and oxygen atoms in total. The van der Waals surface area contributed by atoms with Crippen LogP contribution in [0.5, 0.6) is 5.75 Å². The maximum absolute atomic E-state index is 12.5. The van der Waals surface area contributed by atoms with Crippen LogP contribution in [-0.4, -0.2) is 20.6 Å². The number of nitrogens with zero attached hydrogens (tertiary/aromatic N) is 2. The first-order chi connectivity index (χ1) is 11.9. The molecule has 2 N–H and O–H groups in total. The van der Waals surface area contributed by atoms with Crippen molar-refractivity contribution in [1.29, 1.82) is 0 Å². The fraction of sp³-hybridized carbons (Fsp3) is 0.211. The molecule has 0 aliphatic rings. The smallest absolute Gasteiger partial charge is 0.272 e. The summed E-state index contributed by atoms with van der Waals surface area (Å²) in [6, 6.07) is 10.1. The van der Waals surface area contributed by atoms with Gasteiger partial charge in [0.25, 0.3) is 11.5 Å². The number of fused-ring (bicyclic) bond motifs is 1. The van der Waals surface area contributed by atoms with Crippen molar-refractivity contribution >= 4 is 22.6 Å². The molecule has 1 heterocycles. The van der Waals surface area contributed by atoms with E-state index in [1.807, 2.05) is 13.8 Å². The highest BCUT2D eigenvalue weighted by atomic mass is 16.3. The van der Waals surface area contributed by atoms with Gasteiger partial charge in [-0.15, -0.1) is 0 Å². The van der Waals surface area contributed by atoms with E-state index < -0.39 is 0 Å². The van der Waals surface area contributed by atoms with Crippen LogP contribution in [0.25, 0.3) is 11.0 Å². The van der Waals surface area contributed by atoms with Crippen LogP contribution in [-0.2, 0) is 6.54 Å². The summed E-state index contributed by atoms with van der Waals surface area (Å²) >= 11 is 0. The summed E-state index contributed by atoms with van der Waals surface area (Å²) in [5.74, 6) is -0.335. The first-order valence-electron chi connectivity index (χ1n) is 8.03. The number of rotatable bonds is 3. The third-order valence-corrected chi connectivity index (χ3v) is 4.09. The SMILES string of the molecule is CCn1c(=O)c(C)nc2cc(C(=O)Nc3ccc(C)cc3O)ccc21. The van der Waals surface area contributed by atoms with Gasteiger partial charge in [0.1, 0.15) is 11.4 Å². The van der Waals surface area contributed by atoms with Gasteiger partial charge in [0.2, 0.25) is 0 Å². The molecule has 0 bridgehead atoms. The second-order valence-electron chi connectivity index (χ2n) is 5.92. The number of amides is 1. The van der Waals surface area contributed by atoms with Crippen LogP contribution in [0.2, 0.25) is 0 Å². The maximum atomic E-state index is 12.5. The summed E-state index contributed by atoms with van der Waals surface area (Å²) in [5, 5.41) is 12.6. The van der Waals surface area contributed by atoms with Crippen molar-refractivity contribution in [3.8, 4) is 5.75 Å². The topological polar surface area (TPSA) is 84.2 Å². The molecule has 2 aromatic carbocycles. The molecule has 0 radical (unpaired) electrons. The van der Waals surface area contributed by atoms with Crippen molar-refractivity contribution in [1.82, 2.24) is 9.55 Å². The Balaban J connectivity index is 2.00. The van der Waals surface area contributed by atoms with Gasteiger partial charge in [-0.1, -0.05) is 6.07 Å². The molecule has 25 heavy (non-hydrogen) atoms. The molecule has 0 saturated heterocycles. The molecular formula is C19H19N3O3. The van der Waals surface area contributed by atoms with Gasteiger partial charge in [0, 0.05) is 12.1 Å². The number of benzene rings is 2. The van der Waals surface area contributed by atoms with E-state index in [4.69, 9.17) is 0 Å². The van der Waals surface area contributed by atoms with Crippen LogP contribution >= 0.6 is 0 Å². The third-order valence-electron chi connectivity index (χ3n) is 4.09. The standard InChI is InChI=1S/C19H19N3O3/c1-4-22-16-8-6-13(10-15(16)20-12(3)19(22)25)18(24)21-14-7-5-11(2)9-17(14)23/h5-10,23H,4H2,1-3H3,(H,21,24). The van der Waals surface area contributed by atoms with E-state index in [1.165, 1.54) is 0 Å². The Hall–Kier alpha value is -3.15. The van der Waals surface area contributed by atoms with Crippen molar-refractivity contribution in [3.63, 3.8) is 0 Å². The molecular weight excluding hydrogens is 318 g/mol. The number of hydrogen-bond acceptors (Lipinski definition) is 4. The monoisotopic (exact) mass is 337 g/mol. The van der Waals surface area contributed by atoms with E-state index in [2.05, 4.69) is 10.3 Å². The van der Waals surface area contributed by atoms with Crippen LogP contribution in [0.1, 0.15) is 28.5 Å². The lowest BCUT2D eigenvalue weighted by Crippen LogP contribution is -2.23.